The van der Waals surface area contributed by atoms with Crippen LogP contribution in [0.4, 0.5) is 13.2 Å². The van der Waals surface area contributed by atoms with E-state index >= 15 is 0 Å². The van der Waals surface area contributed by atoms with Gasteiger partial charge in [0.15, 0.2) is 0 Å². The molecular formula is C19H24F3NO3. The van der Waals surface area contributed by atoms with Crippen molar-refractivity contribution in [2.75, 3.05) is 19.7 Å². The molecular weight excluding hydrogens is 347 g/mol. The maximum Gasteiger partial charge on any atom is 0.416 e. The van der Waals surface area contributed by atoms with Crippen LogP contribution in [0.5, 0.6) is 0 Å². The van der Waals surface area contributed by atoms with Crippen molar-refractivity contribution in [1.82, 2.24) is 4.90 Å². The van der Waals surface area contributed by atoms with Crippen molar-refractivity contribution in [3.63, 3.8) is 0 Å². The lowest BCUT2D eigenvalue weighted by atomic mass is 9.96. The molecule has 0 saturated carbocycles. The van der Waals surface area contributed by atoms with Crippen molar-refractivity contribution >= 4 is 11.9 Å². The molecule has 0 unspecified atom stereocenters. The number of piperidine rings is 1. The average molecular weight is 371 g/mol. The number of halogens is 3. The summed E-state index contributed by atoms with van der Waals surface area (Å²) in [5.41, 5.74) is -0.562. The molecule has 1 saturated heterocycles. The minimum atomic E-state index is -4.42. The third-order valence-electron chi connectivity index (χ3n) is 4.51. The second kappa shape index (κ2) is 8.56. The summed E-state index contributed by atoms with van der Waals surface area (Å²) in [6.45, 7) is 5.30. The Morgan fingerprint density at radius 3 is 2.23 bits per heavy atom. The lowest BCUT2D eigenvalue weighted by Crippen LogP contribution is -2.40. The van der Waals surface area contributed by atoms with Crippen LogP contribution in [0.3, 0.4) is 0 Å². The third kappa shape index (κ3) is 5.47. The van der Waals surface area contributed by atoms with E-state index in [4.69, 9.17) is 4.74 Å². The minimum absolute atomic E-state index is 0.218. The first-order valence-electron chi connectivity index (χ1n) is 8.81. The fraction of sp³-hybridized carbons (Fsp3) is 0.579. The van der Waals surface area contributed by atoms with Gasteiger partial charge in [-0.1, -0.05) is 13.8 Å². The summed E-state index contributed by atoms with van der Waals surface area (Å²) in [5, 5.41) is 0. The van der Waals surface area contributed by atoms with Crippen molar-refractivity contribution in [3.05, 3.63) is 35.4 Å². The van der Waals surface area contributed by atoms with E-state index in [9.17, 15) is 22.8 Å². The fourth-order valence-corrected chi connectivity index (χ4v) is 2.82. The number of rotatable bonds is 5. The van der Waals surface area contributed by atoms with E-state index in [0.717, 1.165) is 18.6 Å². The van der Waals surface area contributed by atoms with Crippen LogP contribution in [0.25, 0.3) is 0 Å². The van der Waals surface area contributed by atoms with Crippen LogP contribution in [-0.4, -0.2) is 36.5 Å². The molecule has 26 heavy (non-hydrogen) atoms. The van der Waals surface area contributed by atoms with Crippen LogP contribution in [-0.2, 0) is 15.7 Å². The molecule has 4 nitrogen and oxygen atoms in total. The van der Waals surface area contributed by atoms with E-state index in [1.54, 1.807) is 4.90 Å². The van der Waals surface area contributed by atoms with Crippen LogP contribution in [0.15, 0.2) is 24.3 Å². The normalized spacial score (nSPS) is 16.0. The monoisotopic (exact) mass is 371 g/mol. The molecule has 1 aliphatic rings. The van der Waals surface area contributed by atoms with Gasteiger partial charge in [0.05, 0.1) is 18.1 Å². The van der Waals surface area contributed by atoms with Crippen LogP contribution in [0.2, 0.25) is 0 Å². The van der Waals surface area contributed by atoms with Gasteiger partial charge in [-0.25, -0.2) is 0 Å². The molecule has 2 rings (SSSR count). The van der Waals surface area contributed by atoms with E-state index < -0.39 is 11.7 Å². The van der Waals surface area contributed by atoms with Gasteiger partial charge in [0.25, 0.3) is 5.91 Å². The maximum absolute atomic E-state index is 12.6. The Bertz CT molecular complexity index is 618. The first kappa shape index (κ1) is 20.3. The number of carbonyl (C=O) groups is 2. The van der Waals surface area contributed by atoms with Gasteiger partial charge >= 0.3 is 12.1 Å². The Morgan fingerprint density at radius 1 is 1.15 bits per heavy atom. The van der Waals surface area contributed by atoms with E-state index in [-0.39, 0.29) is 23.4 Å². The number of benzene rings is 1. The quantitative estimate of drug-likeness (QED) is 0.731. The second-order valence-electron chi connectivity index (χ2n) is 6.99. The standard InChI is InChI=1S/C19H24F3NO3/c1-13(2)9-12-26-18(25)15-7-10-23(11-8-15)17(24)14-3-5-16(6-4-14)19(20,21)22/h3-6,13,15H,7-12H2,1-2H3. The molecule has 0 aliphatic carbocycles. The second-order valence-corrected chi connectivity index (χ2v) is 6.99. The number of amides is 1. The highest BCUT2D eigenvalue weighted by Crippen LogP contribution is 2.29. The van der Waals surface area contributed by atoms with Crippen LogP contribution in [0, 0.1) is 11.8 Å². The SMILES string of the molecule is CC(C)CCOC(=O)C1CCN(C(=O)c2ccc(C(F)(F)F)cc2)CC1. The molecule has 0 bridgehead atoms. The van der Waals surface area contributed by atoms with Crippen molar-refractivity contribution in [1.29, 1.82) is 0 Å². The number of hydrogen-bond acceptors (Lipinski definition) is 3. The number of alkyl halides is 3. The Labute approximate surface area is 151 Å². The highest BCUT2D eigenvalue weighted by molar-refractivity contribution is 5.94. The summed E-state index contributed by atoms with van der Waals surface area (Å²) in [5.74, 6) is -0.303. The molecule has 1 aromatic carbocycles. The molecule has 1 fully saturated rings. The molecule has 1 aromatic rings. The van der Waals surface area contributed by atoms with Crippen molar-refractivity contribution < 1.29 is 27.5 Å². The van der Waals surface area contributed by atoms with Crippen molar-refractivity contribution in [2.24, 2.45) is 11.8 Å². The van der Waals surface area contributed by atoms with Gasteiger partial charge in [-0.3, -0.25) is 9.59 Å². The Morgan fingerprint density at radius 2 is 1.73 bits per heavy atom. The van der Waals surface area contributed by atoms with Crippen molar-refractivity contribution in [2.45, 2.75) is 39.3 Å². The lowest BCUT2D eigenvalue weighted by molar-refractivity contribution is -0.150. The van der Waals surface area contributed by atoms with E-state index in [1.165, 1.54) is 12.1 Å². The zero-order chi connectivity index (χ0) is 19.3. The molecule has 0 spiro atoms. The van der Waals surface area contributed by atoms with Gasteiger partial charge < -0.3 is 9.64 Å². The van der Waals surface area contributed by atoms with Gasteiger partial charge in [0.1, 0.15) is 0 Å². The van der Waals surface area contributed by atoms with Gasteiger partial charge in [-0.05, 0) is 49.4 Å². The molecule has 0 N–H and O–H groups in total. The number of ether oxygens (including phenoxy) is 1. The number of carbonyl (C=O) groups excluding carboxylic acids is 2. The molecule has 1 heterocycles. The molecule has 0 aromatic heterocycles. The smallest absolute Gasteiger partial charge is 0.416 e. The summed E-state index contributed by atoms with van der Waals surface area (Å²) in [6.07, 6.45) is -2.59. The summed E-state index contributed by atoms with van der Waals surface area (Å²) >= 11 is 0. The topological polar surface area (TPSA) is 46.6 Å². The van der Waals surface area contributed by atoms with Gasteiger partial charge in [0, 0.05) is 18.7 Å². The maximum atomic E-state index is 12.6. The average Bonchev–Trinajstić information content (AvgIpc) is 2.60. The minimum Gasteiger partial charge on any atom is -0.465 e. The predicted molar refractivity (Wildman–Crippen MR) is 90.5 cm³/mol. The summed E-state index contributed by atoms with van der Waals surface area (Å²) in [7, 11) is 0. The van der Waals surface area contributed by atoms with Crippen molar-refractivity contribution in [3.8, 4) is 0 Å². The molecule has 144 valence electrons. The lowest BCUT2D eigenvalue weighted by Gasteiger charge is -2.31. The number of hydrogen-bond donors (Lipinski definition) is 0. The van der Waals surface area contributed by atoms with Crippen LogP contribution < -0.4 is 0 Å². The zero-order valence-corrected chi connectivity index (χ0v) is 15.0. The highest BCUT2D eigenvalue weighted by atomic mass is 19.4. The summed E-state index contributed by atoms with van der Waals surface area (Å²) in [4.78, 5) is 26.0. The molecule has 0 atom stereocenters. The molecule has 0 radical (unpaired) electrons. The molecule has 1 amide bonds. The Hall–Kier alpha value is -2.05. The Kier molecular flexibility index (Phi) is 6.67. The first-order valence-corrected chi connectivity index (χ1v) is 8.81. The Balaban J connectivity index is 1.85. The van der Waals surface area contributed by atoms with Gasteiger partial charge in [-0.2, -0.15) is 13.2 Å². The summed E-state index contributed by atoms with van der Waals surface area (Å²) < 4.78 is 43.0. The summed E-state index contributed by atoms with van der Waals surface area (Å²) in [6, 6.07) is 4.20. The van der Waals surface area contributed by atoms with Crippen LogP contribution in [0.1, 0.15) is 49.0 Å². The number of nitrogens with zero attached hydrogens (tertiary/aromatic N) is 1. The van der Waals surface area contributed by atoms with E-state index in [1.807, 2.05) is 0 Å². The van der Waals surface area contributed by atoms with Gasteiger partial charge in [-0.15, -0.1) is 0 Å². The first-order chi connectivity index (χ1) is 12.2. The van der Waals surface area contributed by atoms with E-state index in [0.29, 0.717) is 38.5 Å². The largest absolute Gasteiger partial charge is 0.465 e. The fourth-order valence-electron chi connectivity index (χ4n) is 2.82. The third-order valence-corrected chi connectivity index (χ3v) is 4.51. The van der Waals surface area contributed by atoms with Crippen LogP contribution >= 0.6 is 0 Å². The zero-order valence-electron chi connectivity index (χ0n) is 15.0. The van der Waals surface area contributed by atoms with E-state index in [2.05, 4.69) is 13.8 Å². The highest BCUT2D eigenvalue weighted by Gasteiger charge is 2.31. The number of likely N-dealkylation sites (tertiary alicyclic amines) is 1. The predicted octanol–water partition coefficient (Wildman–Crippen LogP) is 4.15. The molecule has 1 aliphatic heterocycles. The number of esters is 1. The van der Waals surface area contributed by atoms with Gasteiger partial charge in [0.2, 0.25) is 0 Å². The molecule has 7 heteroatoms.